The highest BCUT2D eigenvalue weighted by Crippen LogP contribution is 2.37. The Bertz CT molecular complexity index is 451. The van der Waals surface area contributed by atoms with Crippen molar-refractivity contribution in [3.05, 3.63) is 22.2 Å². The highest BCUT2D eigenvalue weighted by atomic mass is 79.9. The molecule has 0 aliphatic heterocycles. The van der Waals surface area contributed by atoms with Crippen LogP contribution in [0.3, 0.4) is 0 Å². The van der Waals surface area contributed by atoms with E-state index in [1.165, 1.54) is 0 Å². The third-order valence-electron chi connectivity index (χ3n) is 2.50. The first-order chi connectivity index (χ1) is 9.62. The monoisotopic (exact) mass is 345 g/mol. The zero-order valence-electron chi connectivity index (χ0n) is 11.7. The molecule has 0 unspecified atom stereocenters. The van der Waals surface area contributed by atoms with Gasteiger partial charge in [0, 0.05) is 6.54 Å². The lowest BCUT2D eigenvalue weighted by Crippen LogP contribution is -2.24. The summed E-state index contributed by atoms with van der Waals surface area (Å²) in [5.74, 6) is 1.06. The van der Waals surface area contributed by atoms with Crippen molar-refractivity contribution in [1.82, 2.24) is 5.32 Å². The van der Waals surface area contributed by atoms with E-state index in [0.29, 0.717) is 29.1 Å². The number of halogens is 1. The molecule has 0 bridgehead atoms. The average Bonchev–Trinajstić information content (AvgIpc) is 2.42. The first-order valence-corrected chi connectivity index (χ1v) is 7.37. The Hall–Kier alpha value is -1.27. The summed E-state index contributed by atoms with van der Waals surface area (Å²) in [6, 6.07) is 3.50. The highest BCUT2D eigenvalue weighted by Gasteiger charge is 2.12. The predicted molar refractivity (Wildman–Crippen MR) is 80.0 cm³/mol. The minimum atomic E-state index is -0.0716. The van der Waals surface area contributed by atoms with Crippen LogP contribution in [0.1, 0.15) is 25.8 Å². The molecule has 1 aromatic carbocycles. The van der Waals surface area contributed by atoms with Crippen LogP contribution >= 0.6 is 15.9 Å². The molecule has 1 rings (SSSR count). The van der Waals surface area contributed by atoms with Crippen molar-refractivity contribution in [3.8, 4) is 11.5 Å². The van der Waals surface area contributed by atoms with Crippen LogP contribution < -0.4 is 14.8 Å². The normalized spacial score (nSPS) is 10.2. The van der Waals surface area contributed by atoms with Gasteiger partial charge in [0.2, 0.25) is 5.91 Å². The fourth-order valence-electron chi connectivity index (χ4n) is 1.65. The Labute approximate surface area is 127 Å². The fourth-order valence-corrected chi connectivity index (χ4v) is 2.25. The van der Waals surface area contributed by atoms with Crippen LogP contribution in [0.4, 0.5) is 0 Å². The molecule has 0 spiro atoms. The van der Waals surface area contributed by atoms with E-state index in [4.69, 9.17) is 9.47 Å². The van der Waals surface area contributed by atoms with Gasteiger partial charge in [-0.05, 0) is 47.5 Å². The van der Waals surface area contributed by atoms with Gasteiger partial charge in [-0.1, -0.05) is 0 Å². The molecule has 0 saturated carbocycles. The zero-order valence-corrected chi connectivity index (χ0v) is 13.3. The van der Waals surface area contributed by atoms with Crippen LogP contribution in [0, 0.1) is 0 Å². The Balaban J connectivity index is 2.74. The van der Waals surface area contributed by atoms with E-state index < -0.39 is 0 Å². The van der Waals surface area contributed by atoms with E-state index in [0.717, 1.165) is 5.56 Å². The van der Waals surface area contributed by atoms with Crippen molar-refractivity contribution in [3.63, 3.8) is 0 Å². The van der Waals surface area contributed by atoms with Crippen LogP contribution in [0.15, 0.2) is 16.6 Å². The lowest BCUT2D eigenvalue weighted by atomic mass is 10.2. The van der Waals surface area contributed by atoms with Crippen molar-refractivity contribution in [2.45, 2.75) is 26.9 Å². The SMILES string of the molecule is CCNC(=O)CCOc1c(Br)cc(CO)cc1OCC. The Morgan fingerprint density at radius 2 is 2.10 bits per heavy atom. The van der Waals surface area contributed by atoms with E-state index in [1.54, 1.807) is 12.1 Å². The second-order valence-corrected chi connectivity index (χ2v) is 4.90. The third kappa shape index (κ3) is 5.02. The summed E-state index contributed by atoms with van der Waals surface area (Å²) in [5.41, 5.74) is 0.733. The highest BCUT2D eigenvalue weighted by molar-refractivity contribution is 9.10. The number of carbonyl (C=O) groups excluding carboxylic acids is 1. The smallest absolute Gasteiger partial charge is 0.223 e. The van der Waals surface area contributed by atoms with Gasteiger partial charge in [-0.15, -0.1) is 0 Å². The first-order valence-electron chi connectivity index (χ1n) is 6.57. The molecule has 6 heteroatoms. The number of benzene rings is 1. The van der Waals surface area contributed by atoms with E-state index in [2.05, 4.69) is 21.2 Å². The van der Waals surface area contributed by atoms with Gasteiger partial charge in [-0.2, -0.15) is 0 Å². The number of rotatable bonds is 8. The number of hydrogen-bond acceptors (Lipinski definition) is 4. The molecule has 20 heavy (non-hydrogen) atoms. The van der Waals surface area contributed by atoms with Gasteiger partial charge in [0.15, 0.2) is 11.5 Å². The number of aliphatic hydroxyl groups excluding tert-OH is 1. The molecule has 2 N–H and O–H groups in total. The minimum absolute atomic E-state index is 0.0476. The number of hydrogen-bond donors (Lipinski definition) is 2. The Morgan fingerprint density at radius 3 is 2.70 bits per heavy atom. The summed E-state index contributed by atoms with van der Waals surface area (Å²) in [6.07, 6.45) is 0.285. The summed E-state index contributed by atoms with van der Waals surface area (Å²) in [6.45, 7) is 5.04. The van der Waals surface area contributed by atoms with E-state index in [1.807, 2.05) is 13.8 Å². The van der Waals surface area contributed by atoms with Gasteiger partial charge in [0.1, 0.15) is 0 Å². The van der Waals surface area contributed by atoms with Crippen LogP contribution in [0.25, 0.3) is 0 Å². The number of nitrogens with one attached hydrogen (secondary N) is 1. The lowest BCUT2D eigenvalue weighted by Gasteiger charge is -2.15. The lowest BCUT2D eigenvalue weighted by molar-refractivity contribution is -0.121. The van der Waals surface area contributed by atoms with Crippen LogP contribution in [-0.4, -0.2) is 30.8 Å². The molecule has 0 heterocycles. The van der Waals surface area contributed by atoms with Crippen molar-refractivity contribution in [2.24, 2.45) is 0 Å². The average molecular weight is 346 g/mol. The maximum atomic E-state index is 11.4. The maximum absolute atomic E-state index is 11.4. The molecule has 0 radical (unpaired) electrons. The summed E-state index contributed by atoms with van der Waals surface area (Å²) in [5, 5.41) is 11.9. The fraction of sp³-hybridized carbons (Fsp3) is 0.500. The molecular formula is C14H20BrNO4. The summed E-state index contributed by atoms with van der Waals surface area (Å²) >= 11 is 3.39. The molecule has 0 aromatic heterocycles. The zero-order chi connectivity index (χ0) is 15.0. The molecule has 0 fully saturated rings. The van der Waals surface area contributed by atoms with E-state index in [9.17, 15) is 9.90 Å². The molecule has 0 atom stereocenters. The quantitative estimate of drug-likeness (QED) is 0.758. The molecule has 1 aromatic rings. The molecular weight excluding hydrogens is 326 g/mol. The van der Waals surface area contributed by atoms with Gasteiger partial charge in [0.25, 0.3) is 0 Å². The second kappa shape index (κ2) is 8.81. The Kier molecular flexibility index (Phi) is 7.40. The summed E-state index contributed by atoms with van der Waals surface area (Å²) in [4.78, 5) is 11.4. The topological polar surface area (TPSA) is 67.8 Å². The number of aliphatic hydroxyl groups is 1. The standard InChI is InChI=1S/C14H20BrNO4/c1-3-16-13(18)5-6-20-14-11(15)7-10(9-17)8-12(14)19-4-2/h7-8,17H,3-6,9H2,1-2H3,(H,16,18). The van der Waals surface area contributed by atoms with Gasteiger partial charge >= 0.3 is 0 Å². The molecule has 0 aliphatic carbocycles. The molecule has 1 amide bonds. The van der Waals surface area contributed by atoms with Crippen molar-refractivity contribution < 1.29 is 19.4 Å². The van der Waals surface area contributed by atoms with Crippen molar-refractivity contribution in [1.29, 1.82) is 0 Å². The minimum Gasteiger partial charge on any atom is -0.490 e. The molecule has 112 valence electrons. The number of amides is 1. The number of ether oxygens (including phenoxy) is 2. The second-order valence-electron chi connectivity index (χ2n) is 4.05. The van der Waals surface area contributed by atoms with Crippen LogP contribution in [0.5, 0.6) is 11.5 Å². The Morgan fingerprint density at radius 1 is 1.35 bits per heavy atom. The number of carbonyl (C=O) groups is 1. The predicted octanol–water partition coefficient (Wildman–Crippen LogP) is 2.25. The van der Waals surface area contributed by atoms with Crippen molar-refractivity contribution >= 4 is 21.8 Å². The van der Waals surface area contributed by atoms with Gasteiger partial charge < -0.3 is 19.9 Å². The summed E-state index contributed by atoms with van der Waals surface area (Å²) in [7, 11) is 0. The summed E-state index contributed by atoms with van der Waals surface area (Å²) < 4.78 is 11.8. The van der Waals surface area contributed by atoms with Gasteiger partial charge in [-0.25, -0.2) is 0 Å². The van der Waals surface area contributed by atoms with Crippen molar-refractivity contribution in [2.75, 3.05) is 19.8 Å². The first kappa shape index (κ1) is 16.8. The third-order valence-corrected chi connectivity index (χ3v) is 3.09. The van der Waals surface area contributed by atoms with Crippen LogP contribution in [0.2, 0.25) is 0 Å². The molecule has 0 saturated heterocycles. The van der Waals surface area contributed by atoms with Gasteiger partial charge in [-0.3, -0.25) is 4.79 Å². The molecule has 0 aliphatic rings. The van der Waals surface area contributed by atoms with Gasteiger partial charge in [0.05, 0.1) is 30.7 Å². The van der Waals surface area contributed by atoms with Crippen LogP contribution in [-0.2, 0) is 11.4 Å². The van der Waals surface area contributed by atoms with E-state index >= 15 is 0 Å². The molecule has 5 nitrogen and oxygen atoms in total. The largest absolute Gasteiger partial charge is 0.490 e. The maximum Gasteiger partial charge on any atom is 0.223 e. The van der Waals surface area contributed by atoms with E-state index in [-0.39, 0.29) is 25.5 Å².